The minimum Gasteiger partial charge on any atom is -0.477 e. The quantitative estimate of drug-likeness (QED) is 0.306. The molecule has 0 N–H and O–H groups in total. The number of hydrogen-bond donors (Lipinski definition) is 0. The van der Waals surface area contributed by atoms with E-state index in [1.54, 1.807) is 0 Å². The molecule has 0 aromatic heterocycles. The highest BCUT2D eigenvalue weighted by atomic mass is 19.2. The lowest BCUT2D eigenvalue weighted by molar-refractivity contribution is -0.535. The second-order valence-corrected chi connectivity index (χ2v) is 8.27. The number of rotatable bonds is 3. The highest BCUT2D eigenvalue weighted by Gasteiger charge is 2.42. The molecule has 0 amide bonds. The number of nitrogens with zero attached hydrogens (tertiary/aromatic N) is 1. The Morgan fingerprint density at radius 3 is 2.31 bits per heavy atom. The first kappa shape index (κ1) is 20.8. The summed E-state index contributed by atoms with van der Waals surface area (Å²) in [6.07, 6.45) is 0.313. The molecule has 2 unspecified atom stereocenters. The van der Waals surface area contributed by atoms with Crippen LogP contribution in [0.5, 0.6) is 5.75 Å². The Labute approximate surface area is 181 Å². The molecule has 5 nitrogen and oxygen atoms in total. The minimum absolute atomic E-state index is 0.00745. The zero-order chi connectivity index (χ0) is 22.4. The summed E-state index contributed by atoms with van der Waals surface area (Å²) in [5.41, 5.74) is 1.38. The molecule has 8 heteroatoms. The van der Waals surface area contributed by atoms with Crippen molar-refractivity contribution >= 4 is 10.8 Å². The van der Waals surface area contributed by atoms with Crippen LogP contribution in [0.4, 0.5) is 13.2 Å². The van der Waals surface area contributed by atoms with Gasteiger partial charge in [-0.3, -0.25) is 10.1 Å². The topological polar surface area (TPSA) is 61.6 Å². The Hall–Kier alpha value is -3.13. The maximum absolute atomic E-state index is 14.5. The van der Waals surface area contributed by atoms with Crippen LogP contribution in [0.1, 0.15) is 41.6 Å². The first-order chi connectivity index (χ1) is 15.4. The predicted octanol–water partition coefficient (Wildman–Crippen LogP) is 5.47. The van der Waals surface area contributed by atoms with Crippen LogP contribution < -0.4 is 4.74 Å². The van der Waals surface area contributed by atoms with Crippen LogP contribution in [-0.4, -0.2) is 24.2 Å². The largest absolute Gasteiger partial charge is 0.477 e. The van der Waals surface area contributed by atoms with Crippen LogP contribution in [0, 0.1) is 27.6 Å². The van der Waals surface area contributed by atoms with Crippen LogP contribution in [-0.2, 0) is 11.2 Å². The molecule has 32 heavy (non-hydrogen) atoms. The molecular formula is C24H20F3NO4. The van der Waals surface area contributed by atoms with Gasteiger partial charge in [-0.25, -0.2) is 13.2 Å². The summed E-state index contributed by atoms with van der Waals surface area (Å²) in [7, 11) is 0. The lowest BCUT2D eigenvalue weighted by Crippen LogP contribution is -2.37. The molecule has 0 spiro atoms. The Morgan fingerprint density at radius 1 is 0.906 bits per heavy atom. The van der Waals surface area contributed by atoms with Gasteiger partial charge in [0.2, 0.25) is 0 Å². The van der Waals surface area contributed by atoms with E-state index in [4.69, 9.17) is 9.47 Å². The number of nitro groups is 1. The van der Waals surface area contributed by atoms with Crippen molar-refractivity contribution in [3.63, 3.8) is 0 Å². The van der Waals surface area contributed by atoms with E-state index in [-0.39, 0.29) is 17.9 Å². The number of ether oxygens (including phenoxy) is 2. The van der Waals surface area contributed by atoms with E-state index < -0.39 is 34.5 Å². The van der Waals surface area contributed by atoms with Crippen LogP contribution in [0.3, 0.4) is 0 Å². The summed E-state index contributed by atoms with van der Waals surface area (Å²) in [5, 5.41) is 13.6. The molecule has 2 aliphatic heterocycles. The maximum Gasteiger partial charge on any atom is 0.257 e. The molecule has 0 bridgehead atoms. The average molecular weight is 443 g/mol. The summed E-state index contributed by atoms with van der Waals surface area (Å²) in [6, 6.07) is 9.23. The number of halogens is 3. The van der Waals surface area contributed by atoms with Gasteiger partial charge in [0.25, 0.3) is 6.04 Å². The molecule has 0 aliphatic carbocycles. The maximum atomic E-state index is 14.5. The molecule has 0 saturated carbocycles. The molecular weight excluding hydrogens is 423 g/mol. The number of benzene rings is 3. The van der Waals surface area contributed by atoms with E-state index >= 15 is 0 Å². The van der Waals surface area contributed by atoms with Gasteiger partial charge in [0.1, 0.15) is 11.6 Å². The van der Waals surface area contributed by atoms with Crippen LogP contribution in [0.15, 0.2) is 42.5 Å². The average Bonchev–Trinajstić information content (AvgIpc) is 2.80. The summed E-state index contributed by atoms with van der Waals surface area (Å²) in [5.74, 6) is -3.03. The second kappa shape index (κ2) is 8.09. The third kappa shape index (κ3) is 3.48. The van der Waals surface area contributed by atoms with Crippen molar-refractivity contribution in [1.82, 2.24) is 0 Å². The first-order valence-electron chi connectivity index (χ1n) is 10.5. The van der Waals surface area contributed by atoms with Gasteiger partial charge < -0.3 is 9.47 Å². The molecule has 5 rings (SSSR count). The summed E-state index contributed by atoms with van der Waals surface area (Å²) in [4.78, 5) is 11.3. The van der Waals surface area contributed by atoms with Crippen LogP contribution in [0.25, 0.3) is 10.8 Å². The normalized spacial score (nSPS) is 21.2. The molecule has 2 aliphatic rings. The van der Waals surface area contributed by atoms with Gasteiger partial charge in [-0.2, -0.15) is 0 Å². The van der Waals surface area contributed by atoms with Gasteiger partial charge in [-0.15, -0.1) is 0 Å². The minimum atomic E-state index is -1.38. The molecule has 1 fully saturated rings. The summed E-state index contributed by atoms with van der Waals surface area (Å²) in [6.45, 7) is 1.31. The van der Waals surface area contributed by atoms with Crippen molar-refractivity contribution in [2.24, 2.45) is 0 Å². The fourth-order valence-corrected chi connectivity index (χ4v) is 4.82. The van der Waals surface area contributed by atoms with Crippen LogP contribution in [0.2, 0.25) is 0 Å². The van der Waals surface area contributed by atoms with Gasteiger partial charge in [-0.1, -0.05) is 30.3 Å². The van der Waals surface area contributed by atoms with Crippen LogP contribution >= 0.6 is 0 Å². The highest BCUT2D eigenvalue weighted by Crippen LogP contribution is 2.45. The zero-order valence-electron chi connectivity index (χ0n) is 17.0. The summed E-state index contributed by atoms with van der Waals surface area (Å²) < 4.78 is 53.4. The Bertz CT molecular complexity index is 1210. The molecule has 166 valence electrons. The third-order valence-corrected chi connectivity index (χ3v) is 6.41. The van der Waals surface area contributed by atoms with E-state index in [1.807, 2.05) is 30.3 Å². The lowest BCUT2D eigenvalue weighted by Gasteiger charge is -2.32. The lowest BCUT2D eigenvalue weighted by atomic mass is 9.83. The Morgan fingerprint density at radius 2 is 1.59 bits per heavy atom. The van der Waals surface area contributed by atoms with Crippen molar-refractivity contribution in [2.45, 2.75) is 37.3 Å². The van der Waals surface area contributed by atoms with Gasteiger partial charge >= 0.3 is 0 Å². The summed E-state index contributed by atoms with van der Waals surface area (Å²) >= 11 is 0. The van der Waals surface area contributed by atoms with E-state index in [9.17, 15) is 23.3 Å². The van der Waals surface area contributed by atoms with E-state index in [0.29, 0.717) is 36.7 Å². The fraction of sp³-hybridized carbons (Fsp3) is 0.333. The fourth-order valence-electron chi connectivity index (χ4n) is 4.82. The van der Waals surface area contributed by atoms with Gasteiger partial charge in [0.15, 0.2) is 17.7 Å². The first-order valence-corrected chi connectivity index (χ1v) is 10.5. The van der Waals surface area contributed by atoms with Crippen molar-refractivity contribution in [3.05, 3.63) is 86.7 Å². The monoisotopic (exact) mass is 443 g/mol. The van der Waals surface area contributed by atoms with Crippen molar-refractivity contribution in [2.75, 3.05) is 13.2 Å². The standard InChI is InChI=1S/C24H20F3NO4/c25-19-12-21(27)20(26)11-18(19)24-22(28(29)30)10-14-9-17(13-5-7-31-8-6-13)15-3-1-2-4-16(15)23(14)32-24/h1-4,9,11-13,22,24H,5-8,10H2. The second-order valence-electron chi connectivity index (χ2n) is 8.27. The molecule has 3 aromatic carbocycles. The molecule has 2 heterocycles. The Balaban J connectivity index is 1.66. The zero-order valence-corrected chi connectivity index (χ0v) is 17.0. The van der Waals surface area contributed by atoms with Crippen molar-refractivity contribution in [1.29, 1.82) is 0 Å². The third-order valence-electron chi connectivity index (χ3n) is 6.41. The molecule has 1 saturated heterocycles. The number of hydrogen-bond acceptors (Lipinski definition) is 4. The van der Waals surface area contributed by atoms with E-state index in [1.165, 1.54) is 0 Å². The van der Waals surface area contributed by atoms with Crippen molar-refractivity contribution in [3.8, 4) is 5.75 Å². The SMILES string of the molecule is O=[N+]([O-])C1Cc2cc(C3CCOCC3)c3ccccc3c2OC1c1cc(F)c(F)cc1F. The predicted molar refractivity (Wildman–Crippen MR) is 111 cm³/mol. The Kier molecular flexibility index (Phi) is 5.25. The van der Waals surface area contributed by atoms with Crippen molar-refractivity contribution < 1.29 is 27.6 Å². The molecule has 2 atom stereocenters. The van der Waals surface area contributed by atoms with E-state index in [2.05, 4.69) is 0 Å². The smallest absolute Gasteiger partial charge is 0.257 e. The van der Waals surface area contributed by atoms with Gasteiger partial charge in [0.05, 0.1) is 0 Å². The van der Waals surface area contributed by atoms with E-state index in [0.717, 1.165) is 29.2 Å². The van der Waals surface area contributed by atoms with Gasteiger partial charge in [0, 0.05) is 47.1 Å². The molecule has 3 aromatic rings. The molecule has 0 radical (unpaired) electrons. The number of fused-ring (bicyclic) bond motifs is 3. The van der Waals surface area contributed by atoms with Gasteiger partial charge in [-0.05, 0) is 35.8 Å². The highest BCUT2D eigenvalue weighted by molar-refractivity contribution is 5.93.